The van der Waals surface area contributed by atoms with E-state index in [0.29, 0.717) is 17.1 Å². The minimum atomic E-state index is -0.813. The molecule has 30 heavy (non-hydrogen) atoms. The third kappa shape index (κ3) is 4.75. The Morgan fingerprint density at radius 2 is 2.00 bits per heavy atom. The lowest BCUT2D eigenvalue weighted by molar-refractivity contribution is -0.145. The number of furan rings is 1. The Morgan fingerprint density at radius 1 is 1.23 bits per heavy atom. The molecule has 2 aromatic heterocycles. The van der Waals surface area contributed by atoms with Gasteiger partial charge in [0, 0.05) is 30.6 Å². The van der Waals surface area contributed by atoms with Crippen LogP contribution in [0.1, 0.15) is 49.5 Å². The molecule has 0 unspecified atom stereocenters. The van der Waals surface area contributed by atoms with Gasteiger partial charge in [-0.2, -0.15) is 0 Å². The summed E-state index contributed by atoms with van der Waals surface area (Å²) in [5, 5.41) is 3.15. The van der Waals surface area contributed by atoms with Crippen LogP contribution in [-0.2, 0) is 20.9 Å². The lowest BCUT2D eigenvalue weighted by Gasteiger charge is -2.33. The molecule has 1 saturated carbocycles. The summed E-state index contributed by atoms with van der Waals surface area (Å²) >= 11 is 1.18. The molecule has 7 nitrogen and oxygen atoms in total. The first kappa shape index (κ1) is 20.7. The Bertz CT molecular complexity index is 881. The first-order chi connectivity index (χ1) is 14.6. The standard InChI is InChI=1S/C22H25N3O4S/c26-19-12-16(14-30-19)22(28)25(13-18-6-3-11-29-18)20(15-7-9-23-10-8-15)21(27)24-17-4-1-2-5-17/h3,6-11,16-17,20H,1-2,4-5,12-14H2,(H,24,27)/t16-,20+/m0/s1. The molecule has 0 aromatic carbocycles. The highest BCUT2D eigenvalue weighted by molar-refractivity contribution is 8.14. The lowest BCUT2D eigenvalue weighted by atomic mass is 10.0. The summed E-state index contributed by atoms with van der Waals surface area (Å²) in [6.07, 6.45) is 9.09. The van der Waals surface area contributed by atoms with Gasteiger partial charge in [0.1, 0.15) is 11.8 Å². The van der Waals surface area contributed by atoms with E-state index in [9.17, 15) is 14.4 Å². The minimum absolute atomic E-state index is 0.0159. The van der Waals surface area contributed by atoms with Crippen molar-refractivity contribution < 1.29 is 18.8 Å². The highest BCUT2D eigenvalue weighted by atomic mass is 32.2. The van der Waals surface area contributed by atoms with Gasteiger partial charge in [-0.05, 0) is 42.7 Å². The Labute approximate surface area is 179 Å². The van der Waals surface area contributed by atoms with Crippen LogP contribution >= 0.6 is 11.8 Å². The number of carbonyl (C=O) groups excluding carboxylic acids is 3. The quantitative estimate of drug-likeness (QED) is 0.730. The zero-order chi connectivity index (χ0) is 20.9. The molecule has 158 valence electrons. The summed E-state index contributed by atoms with van der Waals surface area (Å²) < 4.78 is 5.49. The largest absolute Gasteiger partial charge is 0.467 e. The normalized spacial score (nSPS) is 20.3. The monoisotopic (exact) mass is 427 g/mol. The van der Waals surface area contributed by atoms with Crippen LogP contribution in [0.15, 0.2) is 47.3 Å². The molecule has 2 aliphatic rings. The van der Waals surface area contributed by atoms with E-state index in [1.54, 1.807) is 47.8 Å². The van der Waals surface area contributed by atoms with E-state index in [4.69, 9.17) is 4.42 Å². The van der Waals surface area contributed by atoms with Crippen LogP contribution in [0.3, 0.4) is 0 Å². The molecule has 2 amide bonds. The maximum absolute atomic E-state index is 13.5. The number of nitrogens with one attached hydrogen (secondary N) is 1. The van der Waals surface area contributed by atoms with Gasteiger partial charge in [-0.1, -0.05) is 24.6 Å². The summed E-state index contributed by atoms with van der Waals surface area (Å²) in [6.45, 7) is 0.159. The van der Waals surface area contributed by atoms with E-state index in [1.165, 1.54) is 11.8 Å². The number of carbonyl (C=O) groups is 3. The Balaban J connectivity index is 1.66. The van der Waals surface area contributed by atoms with E-state index in [2.05, 4.69) is 10.3 Å². The molecule has 8 heteroatoms. The molecule has 2 aromatic rings. The molecule has 0 radical (unpaired) electrons. The molecule has 4 rings (SSSR count). The first-order valence-electron chi connectivity index (χ1n) is 10.3. The van der Waals surface area contributed by atoms with Gasteiger partial charge >= 0.3 is 0 Å². The summed E-state index contributed by atoms with van der Waals surface area (Å²) in [5.74, 6) is 0.201. The average molecular weight is 428 g/mol. The van der Waals surface area contributed by atoms with Gasteiger partial charge in [0.15, 0.2) is 5.12 Å². The predicted octanol–water partition coefficient (Wildman–Crippen LogP) is 3.08. The van der Waals surface area contributed by atoms with Crippen molar-refractivity contribution in [2.75, 3.05) is 5.75 Å². The fraction of sp³-hybridized carbons (Fsp3) is 0.455. The van der Waals surface area contributed by atoms with Crippen molar-refractivity contribution in [2.45, 2.75) is 50.7 Å². The zero-order valence-corrected chi connectivity index (χ0v) is 17.5. The van der Waals surface area contributed by atoms with Crippen molar-refractivity contribution in [3.63, 3.8) is 0 Å². The van der Waals surface area contributed by atoms with Crippen molar-refractivity contribution >= 4 is 28.7 Å². The molecule has 1 N–H and O–H groups in total. The highest BCUT2D eigenvalue weighted by Crippen LogP contribution is 2.32. The molecule has 0 bridgehead atoms. The molecular weight excluding hydrogens is 402 g/mol. The second-order valence-corrected chi connectivity index (χ2v) is 8.88. The molecule has 1 aliphatic carbocycles. The fourth-order valence-electron chi connectivity index (χ4n) is 4.14. The number of hydrogen-bond donors (Lipinski definition) is 1. The van der Waals surface area contributed by atoms with Gasteiger partial charge in [-0.3, -0.25) is 19.4 Å². The van der Waals surface area contributed by atoms with Crippen LogP contribution in [-0.4, -0.2) is 38.6 Å². The molecule has 1 saturated heterocycles. The zero-order valence-electron chi connectivity index (χ0n) is 16.7. The third-order valence-corrected chi connectivity index (χ3v) is 6.74. The van der Waals surface area contributed by atoms with Crippen LogP contribution in [0.25, 0.3) is 0 Å². The topological polar surface area (TPSA) is 92.5 Å². The van der Waals surface area contributed by atoms with Gasteiger partial charge in [0.2, 0.25) is 11.8 Å². The molecule has 1 aliphatic heterocycles. The van der Waals surface area contributed by atoms with Gasteiger partial charge in [0.05, 0.1) is 18.7 Å². The maximum Gasteiger partial charge on any atom is 0.247 e. The van der Waals surface area contributed by atoms with Crippen molar-refractivity contribution in [1.82, 2.24) is 15.2 Å². The van der Waals surface area contributed by atoms with Crippen LogP contribution in [0.4, 0.5) is 0 Å². The van der Waals surface area contributed by atoms with Crippen LogP contribution in [0.5, 0.6) is 0 Å². The van der Waals surface area contributed by atoms with Gasteiger partial charge < -0.3 is 14.6 Å². The second-order valence-electron chi connectivity index (χ2n) is 7.80. The van der Waals surface area contributed by atoms with Crippen molar-refractivity contribution in [3.05, 3.63) is 54.2 Å². The summed E-state index contributed by atoms with van der Waals surface area (Å²) in [7, 11) is 0. The molecule has 3 heterocycles. The summed E-state index contributed by atoms with van der Waals surface area (Å²) in [6, 6.07) is 6.38. The number of pyridine rings is 1. The summed E-state index contributed by atoms with van der Waals surface area (Å²) in [5.41, 5.74) is 0.692. The van der Waals surface area contributed by atoms with Crippen LogP contribution < -0.4 is 5.32 Å². The maximum atomic E-state index is 13.5. The van der Waals surface area contributed by atoms with Crippen LogP contribution in [0, 0.1) is 5.92 Å². The predicted molar refractivity (Wildman–Crippen MR) is 112 cm³/mol. The number of amides is 2. The van der Waals surface area contributed by atoms with Crippen molar-refractivity contribution in [1.29, 1.82) is 0 Å². The summed E-state index contributed by atoms with van der Waals surface area (Å²) in [4.78, 5) is 44.3. The molecular formula is C22H25N3O4S. The van der Waals surface area contributed by atoms with Gasteiger partial charge in [-0.15, -0.1) is 0 Å². The Morgan fingerprint density at radius 3 is 2.63 bits per heavy atom. The van der Waals surface area contributed by atoms with E-state index in [1.807, 2.05) is 0 Å². The number of nitrogens with zero attached hydrogens (tertiary/aromatic N) is 2. The number of aromatic nitrogens is 1. The Kier molecular flexibility index (Phi) is 6.52. The van der Waals surface area contributed by atoms with Crippen molar-refractivity contribution in [2.24, 2.45) is 5.92 Å². The number of hydrogen-bond acceptors (Lipinski definition) is 6. The van der Waals surface area contributed by atoms with E-state index >= 15 is 0 Å². The lowest BCUT2D eigenvalue weighted by Crippen LogP contribution is -2.47. The van der Waals surface area contributed by atoms with E-state index < -0.39 is 12.0 Å². The average Bonchev–Trinajstić information content (AvgIpc) is 3.51. The fourth-order valence-corrected chi connectivity index (χ4v) is 5.11. The van der Waals surface area contributed by atoms with E-state index in [-0.39, 0.29) is 35.9 Å². The molecule has 2 fully saturated rings. The molecule has 2 atom stereocenters. The van der Waals surface area contributed by atoms with E-state index in [0.717, 1.165) is 25.7 Å². The minimum Gasteiger partial charge on any atom is -0.467 e. The van der Waals surface area contributed by atoms with Crippen LogP contribution in [0.2, 0.25) is 0 Å². The molecule has 0 spiro atoms. The van der Waals surface area contributed by atoms with Gasteiger partial charge in [-0.25, -0.2) is 0 Å². The second kappa shape index (κ2) is 9.47. The first-order valence-corrected chi connectivity index (χ1v) is 11.3. The smallest absolute Gasteiger partial charge is 0.247 e. The number of thioether (sulfide) groups is 1. The third-order valence-electron chi connectivity index (χ3n) is 5.68. The SMILES string of the molecule is O=C1C[C@H](C(=O)N(Cc2ccco2)[C@@H](C(=O)NC2CCCC2)c2ccncc2)CS1. The number of rotatable bonds is 7. The highest BCUT2D eigenvalue weighted by Gasteiger charge is 2.39. The Hall–Kier alpha value is -2.61. The van der Waals surface area contributed by atoms with Gasteiger partial charge in [0.25, 0.3) is 0 Å². The van der Waals surface area contributed by atoms with Crippen molar-refractivity contribution in [3.8, 4) is 0 Å².